The highest BCUT2D eigenvalue weighted by molar-refractivity contribution is 5.30. The molecule has 0 bridgehead atoms. The van der Waals surface area contributed by atoms with Crippen LogP contribution in [0.1, 0.15) is 38.7 Å². The number of methoxy groups -OCH3 is 1. The molecule has 0 aliphatic rings. The molecular weight excluding hydrogens is 260 g/mol. The van der Waals surface area contributed by atoms with Gasteiger partial charge in [0.1, 0.15) is 17.4 Å². The Kier molecular flexibility index (Phi) is 7.52. The van der Waals surface area contributed by atoms with E-state index >= 15 is 0 Å². The maximum atomic E-state index is 13.7. The predicted molar refractivity (Wildman–Crippen MR) is 78.2 cm³/mol. The Morgan fingerprint density at radius 1 is 1.10 bits per heavy atom. The summed E-state index contributed by atoms with van der Waals surface area (Å²) < 4.78 is 32.2. The minimum absolute atomic E-state index is 0.168. The first-order chi connectivity index (χ1) is 9.54. The summed E-state index contributed by atoms with van der Waals surface area (Å²) in [5, 5.41) is 3.36. The number of nitrogens with one attached hydrogen (secondary N) is 1. The highest BCUT2D eigenvalue weighted by atomic mass is 19.1. The molecule has 0 aliphatic heterocycles. The van der Waals surface area contributed by atoms with Gasteiger partial charge in [-0.1, -0.05) is 20.3 Å². The zero-order chi connectivity index (χ0) is 15.0. The lowest BCUT2D eigenvalue weighted by molar-refractivity contribution is 0.405. The lowest BCUT2D eigenvalue weighted by atomic mass is 10.1. The van der Waals surface area contributed by atoms with Crippen LogP contribution < -0.4 is 10.1 Å². The van der Waals surface area contributed by atoms with Gasteiger partial charge < -0.3 is 10.1 Å². The fraction of sp³-hybridized carbons (Fsp3) is 0.625. The molecule has 0 saturated carbocycles. The highest BCUT2D eigenvalue weighted by Crippen LogP contribution is 2.22. The van der Waals surface area contributed by atoms with Gasteiger partial charge in [0, 0.05) is 17.7 Å². The van der Waals surface area contributed by atoms with Crippen LogP contribution in [0.15, 0.2) is 12.1 Å². The third-order valence-electron chi connectivity index (χ3n) is 3.18. The molecule has 1 rings (SSSR count). The fourth-order valence-corrected chi connectivity index (χ4v) is 2.06. The molecule has 0 atom stereocenters. The first-order valence-corrected chi connectivity index (χ1v) is 7.27. The number of hydrogen-bond acceptors (Lipinski definition) is 2. The Balaban J connectivity index is 2.28. The maximum Gasteiger partial charge on any atom is 0.133 e. The molecule has 2 nitrogen and oxygen atoms in total. The summed E-state index contributed by atoms with van der Waals surface area (Å²) >= 11 is 0. The van der Waals surface area contributed by atoms with Gasteiger partial charge in [-0.2, -0.15) is 0 Å². The van der Waals surface area contributed by atoms with E-state index in [0.29, 0.717) is 12.3 Å². The molecule has 0 heterocycles. The van der Waals surface area contributed by atoms with Gasteiger partial charge in [-0.3, -0.25) is 0 Å². The molecule has 1 aromatic carbocycles. The number of rotatable bonds is 9. The second kappa shape index (κ2) is 8.90. The van der Waals surface area contributed by atoms with Gasteiger partial charge in [0.25, 0.3) is 0 Å². The maximum absolute atomic E-state index is 13.7. The summed E-state index contributed by atoms with van der Waals surface area (Å²) in [5.74, 6) is -0.154. The number of halogens is 2. The van der Waals surface area contributed by atoms with Gasteiger partial charge in [-0.25, -0.2) is 8.78 Å². The molecule has 0 aromatic heterocycles. The van der Waals surface area contributed by atoms with Crippen LogP contribution in [0.25, 0.3) is 0 Å². The molecule has 1 N–H and O–H groups in total. The monoisotopic (exact) mass is 285 g/mol. The number of ether oxygens (including phenoxy) is 1. The van der Waals surface area contributed by atoms with E-state index in [2.05, 4.69) is 19.2 Å². The number of benzene rings is 1. The normalized spacial score (nSPS) is 11.1. The van der Waals surface area contributed by atoms with E-state index in [1.165, 1.54) is 19.2 Å². The molecule has 0 amide bonds. The topological polar surface area (TPSA) is 21.3 Å². The van der Waals surface area contributed by atoms with Crippen molar-refractivity contribution >= 4 is 0 Å². The molecule has 114 valence electrons. The van der Waals surface area contributed by atoms with Gasteiger partial charge in [-0.15, -0.1) is 0 Å². The summed E-state index contributed by atoms with van der Waals surface area (Å²) in [6.07, 6.45) is 3.23. The Labute approximate surface area is 120 Å². The van der Waals surface area contributed by atoms with Gasteiger partial charge in [-0.05, 0) is 38.3 Å². The van der Waals surface area contributed by atoms with E-state index in [-0.39, 0.29) is 11.3 Å². The molecule has 0 unspecified atom stereocenters. The molecule has 0 saturated heterocycles. The van der Waals surface area contributed by atoms with Gasteiger partial charge in [0.05, 0.1) is 7.11 Å². The van der Waals surface area contributed by atoms with Crippen molar-refractivity contribution in [3.63, 3.8) is 0 Å². The third-order valence-corrected chi connectivity index (χ3v) is 3.18. The quantitative estimate of drug-likeness (QED) is 0.694. The van der Waals surface area contributed by atoms with E-state index < -0.39 is 11.6 Å². The van der Waals surface area contributed by atoms with Crippen molar-refractivity contribution in [2.45, 2.75) is 39.5 Å². The van der Waals surface area contributed by atoms with E-state index in [0.717, 1.165) is 32.4 Å². The summed E-state index contributed by atoms with van der Waals surface area (Å²) in [7, 11) is 1.40. The molecule has 0 aliphatic carbocycles. The van der Waals surface area contributed by atoms with Crippen molar-refractivity contribution in [3.05, 3.63) is 29.3 Å². The van der Waals surface area contributed by atoms with Gasteiger partial charge in [0.2, 0.25) is 0 Å². The van der Waals surface area contributed by atoms with Crippen LogP contribution in [-0.2, 0) is 6.42 Å². The SMILES string of the molecule is COc1cc(F)c(CCCCCNCC(C)C)c(F)c1. The van der Waals surface area contributed by atoms with Crippen LogP contribution >= 0.6 is 0 Å². The molecular formula is C16H25F2NO. The van der Waals surface area contributed by atoms with Gasteiger partial charge in [0.15, 0.2) is 0 Å². The van der Waals surface area contributed by atoms with Crippen molar-refractivity contribution in [3.8, 4) is 5.75 Å². The van der Waals surface area contributed by atoms with Crippen molar-refractivity contribution in [2.75, 3.05) is 20.2 Å². The number of hydrogen-bond donors (Lipinski definition) is 1. The third kappa shape index (κ3) is 5.87. The average Bonchev–Trinajstić information content (AvgIpc) is 2.39. The first kappa shape index (κ1) is 16.9. The second-order valence-electron chi connectivity index (χ2n) is 5.48. The molecule has 20 heavy (non-hydrogen) atoms. The molecule has 1 aromatic rings. The zero-order valence-electron chi connectivity index (χ0n) is 12.6. The minimum atomic E-state index is -0.514. The van der Waals surface area contributed by atoms with Gasteiger partial charge >= 0.3 is 0 Å². The number of unbranched alkanes of at least 4 members (excludes halogenated alkanes) is 2. The highest BCUT2D eigenvalue weighted by Gasteiger charge is 2.11. The molecule has 0 spiro atoms. The second-order valence-corrected chi connectivity index (χ2v) is 5.48. The van der Waals surface area contributed by atoms with Crippen LogP contribution in [0.2, 0.25) is 0 Å². The fourth-order valence-electron chi connectivity index (χ4n) is 2.06. The first-order valence-electron chi connectivity index (χ1n) is 7.27. The summed E-state index contributed by atoms with van der Waals surface area (Å²) in [6.45, 7) is 6.32. The Hall–Kier alpha value is -1.16. The Bertz CT molecular complexity index is 384. The van der Waals surface area contributed by atoms with Crippen LogP contribution in [0.5, 0.6) is 5.75 Å². The Morgan fingerprint density at radius 3 is 2.30 bits per heavy atom. The van der Waals surface area contributed by atoms with E-state index in [1.54, 1.807) is 0 Å². The molecule has 4 heteroatoms. The van der Waals surface area contributed by atoms with E-state index in [1.807, 2.05) is 0 Å². The predicted octanol–water partition coefficient (Wildman–Crippen LogP) is 3.93. The largest absolute Gasteiger partial charge is 0.497 e. The zero-order valence-corrected chi connectivity index (χ0v) is 12.6. The summed E-state index contributed by atoms with van der Waals surface area (Å²) in [6, 6.07) is 2.48. The van der Waals surface area contributed by atoms with E-state index in [9.17, 15) is 8.78 Å². The van der Waals surface area contributed by atoms with Crippen LogP contribution in [-0.4, -0.2) is 20.2 Å². The Morgan fingerprint density at radius 2 is 1.75 bits per heavy atom. The van der Waals surface area contributed by atoms with Crippen LogP contribution in [0, 0.1) is 17.6 Å². The van der Waals surface area contributed by atoms with Crippen molar-refractivity contribution in [2.24, 2.45) is 5.92 Å². The van der Waals surface area contributed by atoms with Crippen molar-refractivity contribution in [1.82, 2.24) is 5.32 Å². The summed E-state index contributed by atoms with van der Waals surface area (Å²) in [5.41, 5.74) is 0.168. The lowest BCUT2D eigenvalue weighted by Crippen LogP contribution is -2.20. The average molecular weight is 285 g/mol. The lowest BCUT2D eigenvalue weighted by Gasteiger charge is -2.09. The molecule has 0 radical (unpaired) electrons. The smallest absolute Gasteiger partial charge is 0.133 e. The van der Waals surface area contributed by atoms with Crippen LogP contribution in [0.3, 0.4) is 0 Å². The van der Waals surface area contributed by atoms with Crippen molar-refractivity contribution in [1.29, 1.82) is 0 Å². The molecule has 0 fully saturated rings. The summed E-state index contributed by atoms with van der Waals surface area (Å²) in [4.78, 5) is 0. The van der Waals surface area contributed by atoms with Crippen molar-refractivity contribution < 1.29 is 13.5 Å². The van der Waals surface area contributed by atoms with Crippen LogP contribution in [0.4, 0.5) is 8.78 Å². The minimum Gasteiger partial charge on any atom is -0.497 e. The van der Waals surface area contributed by atoms with E-state index in [4.69, 9.17) is 4.74 Å². The standard InChI is InChI=1S/C16H25F2NO/c1-12(2)11-19-8-6-4-5-7-14-15(17)9-13(20-3)10-16(14)18/h9-10,12,19H,4-8,11H2,1-3H3.